The first-order valence-corrected chi connectivity index (χ1v) is 12.4. The number of anilines is 2. The molecule has 0 aliphatic heterocycles. The maximum atomic E-state index is 12.8. The first-order chi connectivity index (χ1) is 17.0. The van der Waals surface area contributed by atoms with Gasteiger partial charge in [0.15, 0.2) is 0 Å². The first kappa shape index (κ1) is 24.5. The lowest BCUT2D eigenvalue weighted by atomic mass is 9.70. The van der Waals surface area contributed by atoms with Crippen molar-refractivity contribution in [2.24, 2.45) is 11.3 Å². The van der Waals surface area contributed by atoms with Crippen LogP contribution < -0.4 is 15.4 Å². The van der Waals surface area contributed by atoms with Crippen LogP contribution in [-0.2, 0) is 0 Å². The fraction of sp³-hybridized carbons (Fsp3) is 0.481. The molecule has 2 aliphatic carbocycles. The molecular weight excluding hydrogens is 469 g/mol. The van der Waals surface area contributed by atoms with Crippen molar-refractivity contribution in [3.63, 3.8) is 0 Å². The second-order valence-electron chi connectivity index (χ2n) is 11.0. The molecule has 1 aromatic heterocycles. The molecule has 2 saturated carbocycles. The second-order valence-corrected chi connectivity index (χ2v) is 11.0. The molecule has 2 aromatic carbocycles. The average molecular weight is 501 g/mol. The zero-order chi connectivity index (χ0) is 25.7. The third kappa shape index (κ3) is 5.60. The van der Waals surface area contributed by atoms with E-state index in [4.69, 9.17) is 4.98 Å². The van der Waals surface area contributed by atoms with Gasteiger partial charge in [0.05, 0.1) is 11.0 Å². The van der Waals surface area contributed by atoms with E-state index in [-0.39, 0.29) is 29.2 Å². The molecular formula is C27H31F3N4O2. The summed E-state index contributed by atoms with van der Waals surface area (Å²) >= 11 is 0. The summed E-state index contributed by atoms with van der Waals surface area (Å²) in [6.45, 7) is 6.81. The molecule has 2 aliphatic rings. The molecule has 0 bridgehead atoms. The summed E-state index contributed by atoms with van der Waals surface area (Å²) in [4.78, 5) is 17.6. The second kappa shape index (κ2) is 9.01. The fourth-order valence-corrected chi connectivity index (χ4v) is 5.55. The number of rotatable bonds is 6. The Kier molecular flexibility index (Phi) is 6.12. The number of aromatic nitrogens is 2. The van der Waals surface area contributed by atoms with Crippen LogP contribution in [0.3, 0.4) is 0 Å². The van der Waals surface area contributed by atoms with Gasteiger partial charge in [-0.05, 0) is 85.9 Å². The van der Waals surface area contributed by atoms with Gasteiger partial charge < -0.3 is 19.9 Å². The Morgan fingerprint density at radius 2 is 1.83 bits per heavy atom. The van der Waals surface area contributed by atoms with Crippen molar-refractivity contribution in [2.75, 3.05) is 5.32 Å². The summed E-state index contributed by atoms with van der Waals surface area (Å²) in [5.74, 6) is 0.753. The highest BCUT2D eigenvalue weighted by Gasteiger charge is 2.35. The maximum Gasteiger partial charge on any atom is 0.573 e. The number of benzene rings is 2. The van der Waals surface area contributed by atoms with Crippen molar-refractivity contribution in [1.82, 2.24) is 14.9 Å². The summed E-state index contributed by atoms with van der Waals surface area (Å²) in [7, 11) is 0. The Balaban J connectivity index is 1.51. The fourth-order valence-electron chi connectivity index (χ4n) is 5.55. The Hall–Kier alpha value is -3.23. The maximum absolute atomic E-state index is 12.8. The number of ether oxygens (including phenoxy) is 1. The van der Waals surface area contributed by atoms with Gasteiger partial charge in [-0.1, -0.05) is 20.8 Å². The van der Waals surface area contributed by atoms with Gasteiger partial charge >= 0.3 is 6.36 Å². The molecule has 192 valence electrons. The number of nitrogens with zero attached hydrogens (tertiary/aromatic N) is 2. The van der Waals surface area contributed by atoms with Crippen LogP contribution in [0.4, 0.5) is 24.8 Å². The van der Waals surface area contributed by atoms with Gasteiger partial charge in [-0.25, -0.2) is 4.98 Å². The van der Waals surface area contributed by atoms with Crippen LogP contribution in [0.15, 0.2) is 42.5 Å². The number of nitrogens with one attached hydrogen (secondary N) is 2. The van der Waals surface area contributed by atoms with E-state index in [1.807, 2.05) is 12.1 Å². The molecule has 0 spiro atoms. The number of hydrogen-bond donors (Lipinski definition) is 2. The predicted octanol–water partition coefficient (Wildman–Crippen LogP) is 6.96. The molecule has 0 saturated heterocycles. The minimum absolute atomic E-state index is 0.0840. The number of carbonyl (C=O) groups excluding carboxylic acids is 1. The van der Waals surface area contributed by atoms with E-state index in [2.05, 4.69) is 40.7 Å². The highest BCUT2D eigenvalue weighted by atomic mass is 19.4. The molecule has 2 N–H and O–H groups in total. The largest absolute Gasteiger partial charge is 0.573 e. The lowest BCUT2D eigenvalue weighted by molar-refractivity contribution is -0.274. The zero-order valence-corrected chi connectivity index (χ0v) is 20.7. The smallest absolute Gasteiger partial charge is 0.406 e. The van der Waals surface area contributed by atoms with Crippen LogP contribution in [-0.4, -0.2) is 27.9 Å². The summed E-state index contributed by atoms with van der Waals surface area (Å²) in [6, 6.07) is 11.6. The SMILES string of the molecule is CC1CC(n2c(Nc3ccc(OC(F)(F)F)cc3)nc3ccc(C(=O)NC4CC4)cc32)CC(C)(C)C1. The van der Waals surface area contributed by atoms with Crippen LogP contribution in [0.1, 0.15) is 69.3 Å². The van der Waals surface area contributed by atoms with Gasteiger partial charge in [0, 0.05) is 23.3 Å². The van der Waals surface area contributed by atoms with Gasteiger partial charge in [0.25, 0.3) is 5.91 Å². The molecule has 0 radical (unpaired) electrons. The van der Waals surface area contributed by atoms with E-state index in [1.165, 1.54) is 24.3 Å². The lowest BCUT2D eigenvalue weighted by Crippen LogP contribution is -2.30. The van der Waals surface area contributed by atoms with Crippen molar-refractivity contribution in [2.45, 2.75) is 71.3 Å². The number of hydrogen-bond acceptors (Lipinski definition) is 4. The van der Waals surface area contributed by atoms with E-state index in [1.54, 1.807) is 6.07 Å². The predicted molar refractivity (Wildman–Crippen MR) is 132 cm³/mol. The quantitative estimate of drug-likeness (QED) is 0.384. The van der Waals surface area contributed by atoms with E-state index < -0.39 is 6.36 Å². The van der Waals surface area contributed by atoms with Crippen LogP contribution in [0.2, 0.25) is 0 Å². The number of alkyl halides is 3. The Labute approximate surface area is 208 Å². The number of amides is 1. The van der Waals surface area contributed by atoms with Gasteiger partial charge in [0.1, 0.15) is 5.75 Å². The van der Waals surface area contributed by atoms with E-state index in [0.29, 0.717) is 23.1 Å². The molecule has 2 atom stereocenters. The molecule has 1 heterocycles. The van der Waals surface area contributed by atoms with Crippen molar-refractivity contribution in [3.05, 3.63) is 48.0 Å². The number of imidazole rings is 1. The monoisotopic (exact) mass is 500 g/mol. The summed E-state index contributed by atoms with van der Waals surface area (Å²) in [5, 5.41) is 6.34. The third-order valence-corrected chi connectivity index (χ3v) is 6.94. The van der Waals surface area contributed by atoms with Crippen molar-refractivity contribution >= 4 is 28.6 Å². The van der Waals surface area contributed by atoms with Crippen molar-refractivity contribution in [1.29, 1.82) is 0 Å². The van der Waals surface area contributed by atoms with Gasteiger partial charge in [-0.2, -0.15) is 0 Å². The summed E-state index contributed by atoms with van der Waals surface area (Å²) in [5.41, 5.74) is 2.96. The topological polar surface area (TPSA) is 68.2 Å². The highest BCUT2D eigenvalue weighted by molar-refractivity contribution is 5.98. The standard InChI is InChI=1S/C27H31F3N4O2/c1-16-12-20(15-26(2,3)14-16)34-23-13-17(24(35)31-18-5-6-18)4-11-22(23)33-25(34)32-19-7-9-21(10-8-19)36-27(28,29)30/h4,7-11,13,16,18,20H,5-6,12,14-15H2,1-3H3,(H,31,35)(H,32,33). The lowest BCUT2D eigenvalue weighted by Gasteiger charge is -2.40. The van der Waals surface area contributed by atoms with Crippen LogP contribution in [0, 0.1) is 11.3 Å². The molecule has 2 unspecified atom stereocenters. The molecule has 6 nitrogen and oxygen atoms in total. The number of carbonyl (C=O) groups is 1. The minimum Gasteiger partial charge on any atom is -0.406 e. The van der Waals surface area contributed by atoms with Gasteiger partial charge in [0.2, 0.25) is 5.95 Å². The number of halogens is 3. The Morgan fingerprint density at radius 3 is 2.47 bits per heavy atom. The highest BCUT2D eigenvalue weighted by Crippen LogP contribution is 2.46. The van der Waals surface area contributed by atoms with E-state index in [9.17, 15) is 18.0 Å². The van der Waals surface area contributed by atoms with E-state index in [0.717, 1.165) is 43.1 Å². The van der Waals surface area contributed by atoms with Crippen molar-refractivity contribution in [3.8, 4) is 5.75 Å². The summed E-state index contributed by atoms with van der Waals surface area (Å²) in [6.07, 6.45) is 0.351. The molecule has 1 amide bonds. The zero-order valence-electron chi connectivity index (χ0n) is 20.7. The van der Waals surface area contributed by atoms with Gasteiger partial charge in [-0.3, -0.25) is 4.79 Å². The molecule has 2 fully saturated rings. The molecule has 3 aromatic rings. The van der Waals surface area contributed by atoms with Crippen molar-refractivity contribution < 1.29 is 22.7 Å². The van der Waals surface area contributed by atoms with Crippen LogP contribution in [0.25, 0.3) is 11.0 Å². The first-order valence-electron chi connectivity index (χ1n) is 12.4. The summed E-state index contributed by atoms with van der Waals surface area (Å²) < 4.78 is 43.8. The normalized spacial score (nSPS) is 21.8. The Bertz CT molecular complexity index is 1260. The molecule has 36 heavy (non-hydrogen) atoms. The third-order valence-electron chi connectivity index (χ3n) is 6.94. The minimum atomic E-state index is -4.74. The van der Waals surface area contributed by atoms with Crippen LogP contribution in [0.5, 0.6) is 5.75 Å². The Morgan fingerprint density at radius 1 is 1.11 bits per heavy atom. The molecule has 9 heteroatoms. The van der Waals surface area contributed by atoms with Gasteiger partial charge in [-0.15, -0.1) is 13.2 Å². The van der Waals surface area contributed by atoms with E-state index >= 15 is 0 Å². The number of fused-ring (bicyclic) bond motifs is 1. The van der Waals surface area contributed by atoms with Crippen LogP contribution >= 0.6 is 0 Å². The molecule has 5 rings (SSSR count). The average Bonchev–Trinajstić information content (AvgIpc) is 3.50.